The SMILES string of the molecule is CCc1ccc2nc(NC(=O)C3(C)CC3(Cl)Cl)sc2c1. The molecule has 106 valence electrons. The van der Waals surface area contributed by atoms with Crippen LogP contribution in [-0.4, -0.2) is 15.2 Å². The first kappa shape index (κ1) is 14.1. The summed E-state index contributed by atoms with van der Waals surface area (Å²) in [6, 6.07) is 6.14. The number of hydrogen-bond donors (Lipinski definition) is 1. The lowest BCUT2D eigenvalue weighted by Crippen LogP contribution is -2.25. The van der Waals surface area contributed by atoms with Crippen LogP contribution in [0.25, 0.3) is 10.2 Å². The largest absolute Gasteiger partial charge is 0.301 e. The van der Waals surface area contributed by atoms with E-state index in [1.807, 2.05) is 6.07 Å². The van der Waals surface area contributed by atoms with Gasteiger partial charge in [-0.05, 0) is 37.5 Å². The fourth-order valence-corrected chi connectivity index (χ4v) is 3.75. The molecule has 1 N–H and O–H groups in total. The number of nitrogens with one attached hydrogen (secondary N) is 1. The average Bonchev–Trinajstić information content (AvgIpc) is 2.74. The van der Waals surface area contributed by atoms with Crippen LogP contribution in [0.5, 0.6) is 0 Å². The molecule has 1 saturated carbocycles. The maximum atomic E-state index is 12.2. The van der Waals surface area contributed by atoms with Crippen LogP contribution in [0.1, 0.15) is 25.8 Å². The maximum Gasteiger partial charge on any atom is 0.235 e. The second-order valence-electron chi connectivity index (χ2n) is 5.34. The van der Waals surface area contributed by atoms with E-state index in [2.05, 4.69) is 29.4 Å². The number of nitrogens with zero attached hydrogens (tertiary/aromatic N) is 1. The van der Waals surface area contributed by atoms with Gasteiger partial charge in [-0.3, -0.25) is 4.79 Å². The van der Waals surface area contributed by atoms with Gasteiger partial charge in [-0.25, -0.2) is 4.98 Å². The van der Waals surface area contributed by atoms with Gasteiger partial charge in [0, 0.05) is 0 Å². The van der Waals surface area contributed by atoms with Crippen LogP contribution in [0, 0.1) is 5.41 Å². The monoisotopic (exact) mass is 328 g/mol. The lowest BCUT2D eigenvalue weighted by atomic mass is 10.1. The third-order valence-corrected chi connectivity index (χ3v) is 5.88. The summed E-state index contributed by atoms with van der Waals surface area (Å²) in [5.74, 6) is -0.169. The lowest BCUT2D eigenvalue weighted by molar-refractivity contribution is -0.120. The highest BCUT2D eigenvalue weighted by atomic mass is 35.5. The standard InChI is InChI=1S/C14H14Cl2N2OS/c1-3-8-4-5-9-10(6-8)20-12(17-9)18-11(19)13(2)7-14(13,15)16/h4-6H,3,7H2,1-2H3,(H,17,18,19). The van der Waals surface area contributed by atoms with Crippen LogP contribution >= 0.6 is 34.5 Å². The summed E-state index contributed by atoms with van der Waals surface area (Å²) >= 11 is 13.5. The van der Waals surface area contributed by atoms with Crippen molar-refractivity contribution in [3.63, 3.8) is 0 Å². The summed E-state index contributed by atoms with van der Waals surface area (Å²) in [4.78, 5) is 16.6. The number of benzene rings is 1. The first-order valence-corrected chi connectivity index (χ1v) is 8.02. The first-order valence-electron chi connectivity index (χ1n) is 6.44. The van der Waals surface area contributed by atoms with Gasteiger partial charge in [0.05, 0.1) is 15.6 Å². The Bertz CT molecular complexity index is 698. The quantitative estimate of drug-likeness (QED) is 0.849. The zero-order valence-corrected chi connectivity index (χ0v) is 13.5. The van der Waals surface area contributed by atoms with Crippen LogP contribution in [-0.2, 0) is 11.2 Å². The molecule has 20 heavy (non-hydrogen) atoms. The van der Waals surface area contributed by atoms with Crippen LogP contribution in [0.15, 0.2) is 18.2 Å². The van der Waals surface area contributed by atoms with Crippen molar-refractivity contribution in [1.82, 2.24) is 4.98 Å². The molecule has 2 aromatic rings. The number of thiazole rings is 1. The van der Waals surface area contributed by atoms with Crippen molar-refractivity contribution in [3.05, 3.63) is 23.8 Å². The smallest absolute Gasteiger partial charge is 0.235 e. The molecule has 3 nitrogen and oxygen atoms in total. The number of aryl methyl sites for hydroxylation is 1. The second kappa shape index (κ2) is 4.58. The van der Waals surface area contributed by atoms with E-state index in [0.717, 1.165) is 16.6 Å². The summed E-state index contributed by atoms with van der Waals surface area (Å²) in [6.07, 6.45) is 1.45. The van der Waals surface area contributed by atoms with Crippen LogP contribution in [0.3, 0.4) is 0 Å². The average molecular weight is 329 g/mol. The number of halogens is 2. The number of hydrogen-bond acceptors (Lipinski definition) is 3. The van der Waals surface area contributed by atoms with E-state index in [-0.39, 0.29) is 5.91 Å². The summed E-state index contributed by atoms with van der Waals surface area (Å²) in [5, 5.41) is 3.42. The third-order valence-electron chi connectivity index (χ3n) is 3.84. The van der Waals surface area contributed by atoms with Gasteiger partial charge < -0.3 is 5.32 Å². The van der Waals surface area contributed by atoms with E-state index in [1.54, 1.807) is 6.92 Å². The number of anilines is 1. The van der Waals surface area contributed by atoms with Gasteiger partial charge in [0.25, 0.3) is 0 Å². The molecule has 0 saturated heterocycles. The number of carbonyl (C=O) groups excluding carboxylic acids is 1. The number of alkyl halides is 2. The molecule has 1 fully saturated rings. The minimum absolute atomic E-state index is 0.169. The normalized spacial score (nSPS) is 23.8. The summed E-state index contributed by atoms with van der Waals surface area (Å²) in [6.45, 7) is 3.88. The van der Waals surface area contributed by atoms with Crippen molar-refractivity contribution in [2.45, 2.75) is 31.0 Å². The van der Waals surface area contributed by atoms with E-state index in [9.17, 15) is 4.79 Å². The fourth-order valence-electron chi connectivity index (χ4n) is 2.12. The molecule has 0 spiro atoms. The highest BCUT2D eigenvalue weighted by Crippen LogP contribution is 2.64. The van der Waals surface area contributed by atoms with Crippen molar-refractivity contribution in [3.8, 4) is 0 Å². The van der Waals surface area contributed by atoms with Crippen LogP contribution in [0.4, 0.5) is 5.13 Å². The van der Waals surface area contributed by atoms with Gasteiger partial charge in [-0.1, -0.05) is 24.3 Å². The minimum atomic E-state index is -0.955. The number of aromatic nitrogens is 1. The molecule has 1 atom stereocenters. The summed E-state index contributed by atoms with van der Waals surface area (Å²) in [5.41, 5.74) is 1.43. The van der Waals surface area contributed by atoms with Crippen molar-refractivity contribution < 1.29 is 4.79 Å². The van der Waals surface area contributed by atoms with E-state index < -0.39 is 9.75 Å². The molecular formula is C14H14Cl2N2OS. The second-order valence-corrected chi connectivity index (χ2v) is 7.86. The van der Waals surface area contributed by atoms with Crippen molar-refractivity contribution >= 4 is 55.8 Å². The molecule has 1 heterocycles. The Morgan fingerprint density at radius 2 is 2.20 bits per heavy atom. The van der Waals surface area contributed by atoms with Crippen LogP contribution in [0.2, 0.25) is 0 Å². The van der Waals surface area contributed by atoms with E-state index in [4.69, 9.17) is 23.2 Å². The van der Waals surface area contributed by atoms with Gasteiger partial charge in [0.1, 0.15) is 4.33 Å². The zero-order valence-electron chi connectivity index (χ0n) is 11.2. The van der Waals surface area contributed by atoms with Gasteiger partial charge in [0.2, 0.25) is 5.91 Å². The van der Waals surface area contributed by atoms with Crippen molar-refractivity contribution in [2.75, 3.05) is 5.32 Å². The predicted molar refractivity (Wildman–Crippen MR) is 84.8 cm³/mol. The Balaban J connectivity index is 1.83. The summed E-state index contributed by atoms with van der Waals surface area (Å²) < 4.78 is 0.118. The number of carbonyl (C=O) groups is 1. The molecule has 0 radical (unpaired) electrons. The van der Waals surface area contributed by atoms with Gasteiger partial charge in [-0.15, -0.1) is 23.2 Å². The first-order chi connectivity index (χ1) is 9.35. The Morgan fingerprint density at radius 3 is 2.80 bits per heavy atom. The topological polar surface area (TPSA) is 42.0 Å². The molecular weight excluding hydrogens is 315 g/mol. The fraction of sp³-hybridized carbons (Fsp3) is 0.429. The molecule has 6 heteroatoms. The lowest BCUT2D eigenvalue weighted by Gasteiger charge is -2.10. The molecule has 1 aromatic carbocycles. The molecule has 1 aliphatic carbocycles. The Labute approximate surface area is 131 Å². The maximum absolute atomic E-state index is 12.2. The van der Waals surface area contributed by atoms with Gasteiger partial charge >= 0.3 is 0 Å². The minimum Gasteiger partial charge on any atom is -0.301 e. The van der Waals surface area contributed by atoms with E-state index >= 15 is 0 Å². The third kappa shape index (κ3) is 2.20. The van der Waals surface area contributed by atoms with Crippen LogP contribution < -0.4 is 5.32 Å². The predicted octanol–water partition coefficient (Wildman–Crippen LogP) is 4.38. The van der Waals surface area contributed by atoms with E-state index in [0.29, 0.717) is 11.6 Å². The molecule has 1 aliphatic rings. The van der Waals surface area contributed by atoms with Crippen molar-refractivity contribution in [2.24, 2.45) is 5.41 Å². The Morgan fingerprint density at radius 1 is 1.50 bits per heavy atom. The Hall–Kier alpha value is -0.840. The molecule has 1 unspecified atom stereocenters. The molecule has 1 amide bonds. The molecule has 1 aromatic heterocycles. The number of amides is 1. The number of fused-ring (bicyclic) bond motifs is 1. The zero-order chi connectivity index (χ0) is 14.5. The summed E-state index contributed by atoms with van der Waals surface area (Å²) in [7, 11) is 0. The highest BCUT2D eigenvalue weighted by molar-refractivity contribution is 7.22. The Kier molecular flexibility index (Phi) is 3.23. The number of rotatable bonds is 3. The molecule has 0 bridgehead atoms. The highest BCUT2D eigenvalue weighted by Gasteiger charge is 2.68. The van der Waals surface area contributed by atoms with E-state index in [1.165, 1.54) is 16.9 Å². The van der Waals surface area contributed by atoms with Gasteiger partial charge in [0.15, 0.2) is 5.13 Å². The van der Waals surface area contributed by atoms with Gasteiger partial charge in [-0.2, -0.15) is 0 Å². The van der Waals surface area contributed by atoms with Crippen molar-refractivity contribution in [1.29, 1.82) is 0 Å². The molecule has 0 aliphatic heterocycles. The molecule has 3 rings (SSSR count).